The van der Waals surface area contributed by atoms with E-state index in [1.807, 2.05) is 6.07 Å². The minimum Gasteiger partial charge on any atom is -0.480 e. The number of carboxylic acids is 1. The highest BCUT2D eigenvalue weighted by atomic mass is 32.2. The van der Waals surface area contributed by atoms with Crippen molar-refractivity contribution in [1.82, 2.24) is 10.2 Å². The fourth-order valence-corrected chi connectivity index (χ4v) is 5.89. The van der Waals surface area contributed by atoms with Gasteiger partial charge in [0.25, 0.3) is 0 Å². The number of para-hydroxylation sites is 1. The molecule has 0 saturated carbocycles. The Labute approximate surface area is 195 Å². The molecule has 2 N–H and O–H groups in total. The van der Waals surface area contributed by atoms with E-state index in [1.54, 1.807) is 69.3 Å². The lowest BCUT2D eigenvalue weighted by Gasteiger charge is -2.43. The van der Waals surface area contributed by atoms with Gasteiger partial charge in [-0.25, -0.2) is 4.79 Å². The number of rotatable bonds is 6. The summed E-state index contributed by atoms with van der Waals surface area (Å²) < 4.78 is 4.82. The van der Waals surface area contributed by atoms with Crippen LogP contribution in [0.5, 0.6) is 5.75 Å². The Hall–Kier alpha value is -3.33. The number of β-lactam (4-membered cyclic amide) rings is 1. The average Bonchev–Trinajstić information content (AvgIpc) is 3.02. The van der Waals surface area contributed by atoms with Gasteiger partial charge in [0.05, 0.1) is 0 Å². The molecule has 2 aliphatic rings. The van der Waals surface area contributed by atoms with Gasteiger partial charge in [-0.3, -0.25) is 14.4 Å². The quantitative estimate of drug-likeness (QED) is 0.290. The molecule has 0 radical (unpaired) electrons. The lowest BCUT2D eigenvalue weighted by Crippen LogP contribution is -2.71. The molecule has 33 heavy (non-hydrogen) atoms. The van der Waals surface area contributed by atoms with Crippen molar-refractivity contribution < 1.29 is 29.0 Å². The van der Waals surface area contributed by atoms with Gasteiger partial charge < -0.3 is 20.1 Å². The topological polar surface area (TPSA) is 113 Å². The van der Waals surface area contributed by atoms with E-state index >= 15 is 0 Å². The van der Waals surface area contributed by atoms with Gasteiger partial charge in [-0.15, -0.1) is 11.8 Å². The number of thioether (sulfide) groups is 1. The third-order valence-corrected chi connectivity index (χ3v) is 7.48. The maximum absolute atomic E-state index is 13.3. The van der Waals surface area contributed by atoms with E-state index in [9.17, 15) is 24.3 Å². The van der Waals surface area contributed by atoms with E-state index in [4.69, 9.17) is 4.74 Å². The van der Waals surface area contributed by atoms with Gasteiger partial charge in [0.1, 0.15) is 23.2 Å². The number of benzene rings is 2. The molecule has 0 spiro atoms. The van der Waals surface area contributed by atoms with Gasteiger partial charge in [-0.05, 0) is 38.0 Å². The minimum absolute atomic E-state index is 0.347. The van der Waals surface area contributed by atoms with E-state index in [0.717, 1.165) is 5.56 Å². The number of esters is 1. The number of amides is 2. The summed E-state index contributed by atoms with van der Waals surface area (Å²) in [6.07, 6.45) is 0. The lowest BCUT2D eigenvalue weighted by atomic mass is 9.94. The Bertz CT molecular complexity index is 1120. The molecule has 9 heteroatoms. The van der Waals surface area contributed by atoms with Crippen LogP contribution >= 0.6 is 11.8 Å². The first-order chi connectivity index (χ1) is 15.6. The van der Waals surface area contributed by atoms with Gasteiger partial charge in [0.15, 0.2) is 5.92 Å². The number of nitrogens with one attached hydrogen (secondary N) is 1. The summed E-state index contributed by atoms with van der Waals surface area (Å²) in [4.78, 5) is 52.1. The molecule has 0 aliphatic carbocycles. The van der Waals surface area contributed by atoms with Crippen molar-refractivity contribution >= 4 is 35.5 Å². The van der Waals surface area contributed by atoms with Crippen LogP contribution in [0, 0.1) is 6.92 Å². The molecule has 2 fully saturated rings. The van der Waals surface area contributed by atoms with Crippen LogP contribution in [0.1, 0.15) is 30.9 Å². The Morgan fingerprint density at radius 3 is 2.36 bits per heavy atom. The zero-order chi connectivity index (χ0) is 23.9. The minimum atomic E-state index is -1.29. The number of carbonyl (C=O) groups excluding carboxylic acids is 3. The largest absolute Gasteiger partial charge is 0.480 e. The number of aryl methyl sites for hydroxylation is 1. The number of carboxylic acid groups (broad SMARTS) is 1. The summed E-state index contributed by atoms with van der Waals surface area (Å²) in [6, 6.07) is 13.6. The van der Waals surface area contributed by atoms with E-state index in [-0.39, 0.29) is 0 Å². The van der Waals surface area contributed by atoms with E-state index in [2.05, 4.69) is 5.32 Å². The third-order valence-electron chi connectivity index (χ3n) is 5.91. The smallest absolute Gasteiger partial charge is 0.328 e. The zero-order valence-electron chi connectivity index (χ0n) is 18.3. The lowest BCUT2D eigenvalue weighted by molar-refractivity contribution is -0.161. The summed E-state index contributed by atoms with van der Waals surface area (Å²) in [7, 11) is 0. The van der Waals surface area contributed by atoms with Crippen LogP contribution in [0.4, 0.5) is 0 Å². The molecular weight excluding hydrogens is 444 g/mol. The molecule has 2 heterocycles. The van der Waals surface area contributed by atoms with Crippen LogP contribution < -0.4 is 10.1 Å². The number of nitrogens with zero attached hydrogens (tertiary/aromatic N) is 1. The fraction of sp³-hybridized carbons (Fsp3) is 0.333. The predicted molar refractivity (Wildman–Crippen MR) is 122 cm³/mol. The standard InChI is InChI=1S/C24H24N2O6S/c1-13-9-7-8-12-15(13)32-23(31)16(14-10-5-4-6-11-14)19(27)25-17-20(28)26-18(22(29)30)24(2,3)33-21(17)26/h4-12,16-18,21H,1-3H3,(H,25,27)(H,29,30)/t16?,17-,18+,21-/m1/s1. The first-order valence-electron chi connectivity index (χ1n) is 10.5. The highest BCUT2D eigenvalue weighted by Gasteiger charge is 2.64. The normalized spacial score (nSPS) is 23.8. The van der Waals surface area contributed by atoms with Crippen LogP contribution in [0.3, 0.4) is 0 Å². The second kappa shape index (κ2) is 8.55. The second-order valence-electron chi connectivity index (χ2n) is 8.61. The first-order valence-corrected chi connectivity index (χ1v) is 11.3. The van der Waals surface area contributed by atoms with Crippen LogP contribution in [0.2, 0.25) is 0 Å². The maximum atomic E-state index is 13.3. The maximum Gasteiger partial charge on any atom is 0.328 e. The van der Waals surface area contributed by atoms with E-state index in [0.29, 0.717) is 11.3 Å². The third kappa shape index (κ3) is 4.08. The second-order valence-corrected chi connectivity index (χ2v) is 10.4. The Morgan fingerprint density at radius 2 is 1.73 bits per heavy atom. The zero-order valence-corrected chi connectivity index (χ0v) is 19.2. The summed E-state index contributed by atoms with van der Waals surface area (Å²) in [5, 5.41) is 11.7. The van der Waals surface area contributed by atoms with Crippen molar-refractivity contribution in [3.8, 4) is 5.75 Å². The Morgan fingerprint density at radius 1 is 1.09 bits per heavy atom. The van der Waals surface area contributed by atoms with Crippen molar-refractivity contribution in [2.24, 2.45) is 0 Å². The molecule has 2 aromatic rings. The van der Waals surface area contributed by atoms with Crippen LogP contribution in [-0.2, 0) is 19.2 Å². The molecule has 4 rings (SSSR count). The predicted octanol–water partition coefficient (Wildman–Crippen LogP) is 2.32. The average molecular weight is 469 g/mol. The van der Waals surface area contributed by atoms with Crippen LogP contribution in [-0.4, -0.2) is 56.0 Å². The fourth-order valence-electron chi connectivity index (χ4n) is 4.26. The molecule has 1 unspecified atom stereocenters. The highest BCUT2D eigenvalue weighted by Crippen LogP contribution is 2.50. The van der Waals surface area contributed by atoms with Crippen molar-refractivity contribution in [1.29, 1.82) is 0 Å². The highest BCUT2D eigenvalue weighted by molar-refractivity contribution is 8.01. The van der Waals surface area contributed by atoms with Crippen molar-refractivity contribution in [3.63, 3.8) is 0 Å². The number of ether oxygens (including phenoxy) is 1. The first kappa shape index (κ1) is 22.8. The summed E-state index contributed by atoms with van der Waals surface area (Å²) in [5.41, 5.74) is 1.17. The Kier molecular flexibility index (Phi) is 5.92. The monoisotopic (exact) mass is 468 g/mol. The number of fused-ring (bicyclic) bond motifs is 1. The summed E-state index contributed by atoms with van der Waals surface area (Å²) >= 11 is 1.32. The van der Waals surface area contributed by atoms with Gasteiger partial charge in [-0.1, -0.05) is 48.5 Å². The molecule has 2 saturated heterocycles. The number of carbonyl (C=O) groups is 4. The van der Waals surface area contributed by atoms with Gasteiger partial charge in [0.2, 0.25) is 11.8 Å². The van der Waals surface area contributed by atoms with E-state index in [1.165, 1.54) is 16.7 Å². The van der Waals surface area contributed by atoms with Crippen molar-refractivity contribution in [2.75, 3.05) is 0 Å². The van der Waals surface area contributed by atoms with E-state index < -0.39 is 51.9 Å². The number of hydrogen-bond donors (Lipinski definition) is 2. The van der Waals surface area contributed by atoms with Gasteiger partial charge >= 0.3 is 11.9 Å². The molecule has 2 amide bonds. The van der Waals surface area contributed by atoms with Gasteiger partial charge in [-0.2, -0.15) is 0 Å². The summed E-state index contributed by atoms with van der Waals surface area (Å²) in [6.45, 7) is 5.31. The molecule has 0 bridgehead atoms. The van der Waals surface area contributed by atoms with Crippen molar-refractivity contribution in [2.45, 2.75) is 48.9 Å². The number of hydrogen-bond acceptors (Lipinski definition) is 6. The molecular formula is C24H24N2O6S. The molecule has 2 aromatic carbocycles. The SMILES string of the molecule is Cc1ccccc1OC(=O)C(C(=O)N[C@@H]1C(=O)N2[C@@H]1SC(C)(C)[C@@H]2C(=O)O)c1ccccc1. The molecule has 4 atom stereocenters. The molecule has 8 nitrogen and oxygen atoms in total. The van der Waals surface area contributed by atoms with Crippen molar-refractivity contribution in [3.05, 3.63) is 65.7 Å². The molecule has 0 aromatic heterocycles. The molecule has 2 aliphatic heterocycles. The van der Waals surface area contributed by atoms with Crippen LogP contribution in [0.15, 0.2) is 54.6 Å². The van der Waals surface area contributed by atoms with Gasteiger partial charge in [0, 0.05) is 4.75 Å². The van der Waals surface area contributed by atoms with Crippen LogP contribution in [0.25, 0.3) is 0 Å². The summed E-state index contributed by atoms with van der Waals surface area (Å²) in [5.74, 6) is -3.94. The molecule has 172 valence electrons. The number of aliphatic carboxylic acids is 1. The Balaban J connectivity index is 1.56.